The number of carboxylic acid groups (broad SMARTS) is 1. The van der Waals surface area contributed by atoms with Crippen LogP contribution in [0.25, 0.3) is 0 Å². The van der Waals surface area contributed by atoms with Crippen molar-refractivity contribution in [2.24, 2.45) is 11.5 Å². The number of nitrogens with two attached hydrogens (primary N) is 2. The van der Waals surface area contributed by atoms with Gasteiger partial charge in [-0.2, -0.15) is 0 Å². The third-order valence-corrected chi connectivity index (χ3v) is 1.64. The molecular formula is C8H14N4O6. The predicted octanol–water partition coefficient (Wildman–Crippen LogP) is -2.29. The van der Waals surface area contributed by atoms with Gasteiger partial charge in [0.15, 0.2) is 0 Å². The fourth-order valence-electron chi connectivity index (χ4n) is 0.927. The van der Waals surface area contributed by atoms with Gasteiger partial charge in [0, 0.05) is 0 Å². The van der Waals surface area contributed by atoms with Gasteiger partial charge in [-0.1, -0.05) is 0 Å². The van der Waals surface area contributed by atoms with Crippen LogP contribution in [0.4, 0.5) is 9.59 Å². The Kier molecular flexibility index (Phi) is 6.63. The Morgan fingerprint density at radius 2 is 1.83 bits per heavy atom. The third kappa shape index (κ3) is 7.73. The first kappa shape index (κ1) is 15.5. The van der Waals surface area contributed by atoms with Crippen molar-refractivity contribution in [2.45, 2.75) is 12.5 Å². The molecule has 10 heteroatoms. The molecule has 0 aromatic rings. The molecule has 0 saturated carbocycles. The molecule has 18 heavy (non-hydrogen) atoms. The smallest absolute Gasteiger partial charge is 0.404 e. The van der Waals surface area contributed by atoms with E-state index < -0.39 is 36.5 Å². The van der Waals surface area contributed by atoms with Crippen molar-refractivity contribution in [3.63, 3.8) is 0 Å². The van der Waals surface area contributed by atoms with Gasteiger partial charge in [-0.15, -0.1) is 0 Å². The van der Waals surface area contributed by atoms with Crippen LogP contribution in [0.1, 0.15) is 6.42 Å². The van der Waals surface area contributed by atoms with Crippen LogP contribution in [0.5, 0.6) is 0 Å². The molecule has 0 bridgehead atoms. The zero-order chi connectivity index (χ0) is 14.1. The summed E-state index contributed by atoms with van der Waals surface area (Å²) in [7, 11) is 0. The van der Waals surface area contributed by atoms with Gasteiger partial charge in [0.1, 0.15) is 12.6 Å². The van der Waals surface area contributed by atoms with Crippen molar-refractivity contribution in [3.05, 3.63) is 0 Å². The van der Waals surface area contributed by atoms with Gasteiger partial charge in [0.05, 0.1) is 13.0 Å². The Morgan fingerprint density at radius 3 is 2.28 bits per heavy atom. The first-order chi connectivity index (χ1) is 8.32. The number of hydrogen-bond donors (Lipinski definition) is 5. The monoisotopic (exact) mass is 262 g/mol. The zero-order valence-electron chi connectivity index (χ0n) is 9.34. The van der Waals surface area contributed by atoms with Crippen LogP contribution < -0.4 is 22.1 Å². The van der Waals surface area contributed by atoms with Gasteiger partial charge in [0.2, 0.25) is 5.91 Å². The summed E-state index contributed by atoms with van der Waals surface area (Å²) in [4.78, 5) is 42.5. The Balaban J connectivity index is 3.99. The molecule has 0 fully saturated rings. The Bertz CT molecular complexity index is 344. The molecule has 0 rings (SSSR count). The quantitative estimate of drug-likeness (QED) is 0.323. The summed E-state index contributed by atoms with van der Waals surface area (Å²) in [5.74, 6) is -2.25. The summed E-state index contributed by atoms with van der Waals surface area (Å²) in [5, 5.41) is 12.9. The molecule has 0 aliphatic carbocycles. The molecule has 0 radical (unpaired) electrons. The highest BCUT2D eigenvalue weighted by molar-refractivity contribution is 5.87. The minimum absolute atomic E-state index is 0.0579. The van der Waals surface area contributed by atoms with Crippen molar-refractivity contribution < 1.29 is 29.0 Å². The molecule has 7 N–H and O–H groups in total. The van der Waals surface area contributed by atoms with Gasteiger partial charge >= 0.3 is 18.1 Å². The molecule has 0 unspecified atom stereocenters. The van der Waals surface area contributed by atoms with E-state index in [-0.39, 0.29) is 13.2 Å². The minimum Gasteiger partial charge on any atom is -0.480 e. The largest absolute Gasteiger partial charge is 0.480 e. The van der Waals surface area contributed by atoms with Crippen LogP contribution in [0, 0.1) is 0 Å². The first-order valence-corrected chi connectivity index (χ1v) is 4.80. The number of ether oxygens (including phenoxy) is 1. The maximum Gasteiger partial charge on any atom is 0.404 e. The predicted molar refractivity (Wildman–Crippen MR) is 57.3 cm³/mol. The first-order valence-electron chi connectivity index (χ1n) is 4.80. The van der Waals surface area contributed by atoms with Crippen molar-refractivity contribution in [3.8, 4) is 0 Å². The second kappa shape index (κ2) is 7.70. The van der Waals surface area contributed by atoms with Crippen molar-refractivity contribution in [1.82, 2.24) is 10.6 Å². The van der Waals surface area contributed by atoms with Gasteiger partial charge < -0.3 is 31.9 Å². The van der Waals surface area contributed by atoms with Crippen LogP contribution in [-0.4, -0.2) is 48.3 Å². The number of hydrogen-bond acceptors (Lipinski definition) is 5. The minimum atomic E-state index is -1.42. The highest BCUT2D eigenvalue weighted by Gasteiger charge is 2.21. The van der Waals surface area contributed by atoms with E-state index in [1.54, 1.807) is 0 Å². The number of primary amides is 2. The number of carboxylic acids is 1. The van der Waals surface area contributed by atoms with Gasteiger partial charge in [0.25, 0.3) is 0 Å². The maximum absolute atomic E-state index is 11.2. The van der Waals surface area contributed by atoms with E-state index in [4.69, 9.17) is 10.8 Å². The lowest BCUT2D eigenvalue weighted by Crippen LogP contribution is -2.48. The number of rotatable bonds is 7. The summed E-state index contributed by atoms with van der Waals surface area (Å²) in [6.45, 7) is -0.214. The number of carbonyl (C=O) groups is 4. The molecule has 0 aliphatic heterocycles. The van der Waals surface area contributed by atoms with Gasteiger partial charge in [-0.3, -0.25) is 4.79 Å². The van der Waals surface area contributed by atoms with Crippen LogP contribution >= 0.6 is 0 Å². The van der Waals surface area contributed by atoms with E-state index in [2.05, 4.69) is 15.8 Å². The zero-order valence-corrected chi connectivity index (χ0v) is 9.34. The molecule has 0 saturated heterocycles. The van der Waals surface area contributed by atoms with E-state index in [9.17, 15) is 19.2 Å². The summed E-state index contributed by atoms with van der Waals surface area (Å²) < 4.78 is 4.32. The number of nitrogens with one attached hydrogen (secondary N) is 2. The fourth-order valence-corrected chi connectivity index (χ4v) is 0.927. The van der Waals surface area contributed by atoms with E-state index in [1.165, 1.54) is 0 Å². The topological polar surface area (TPSA) is 174 Å². The number of amides is 4. The molecule has 4 amide bonds. The lowest BCUT2D eigenvalue weighted by molar-refractivity contribution is -0.140. The van der Waals surface area contributed by atoms with Crippen molar-refractivity contribution in [1.29, 1.82) is 0 Å². The lowest BCUT2D eigenvalue weighted by atomic mass is 10.2. The molecule has 0 aromatic heterocycles. The van der Waals surface area contributed by atoms with E-state index in [0.29, 0.717) is 0 Å². The second-order valence-corrected chi connectivity index (χ2v) is 3.13. The molecule has 0 aromatic carbocycles. The number of urea groups is 1. The SMILES string of the molecule is NC(=O)C[C@H](NC(=O)NCCOC(N)=O)C(=O)O. The van der Waals surface area contributed by atoms with Crippen LogP contribution in [0.15, 0.2) is 0 Å². The van der Waals surface area contributed by atoms with E-state index in [1.807, 2.05) is 5.32 Å². The summed E-state index contributed by atoms with van der Waals surface area (Å²) in [6.07, 6.45) is -1.52. The highest BCUT2D eigenvalue weighted by atomic mass is 16.5. The van der Waals surface area contributed by atoms with Crippen molar-refractivity contribution >= 4 is 24.0 Å². The summed E-state index contributed by atoms with van der Waals surface area (Å²) in [5.41, 5.74) is 9.48. The molecule has 0 heterocycles. The van der Waals surface area contributed by atoms with Crippen LogP contribution in [0.2, 0.25) is 0 Å². The average Bonchev–Trinajstić information content (AvgIpc) is 2.22. The van der Waals surface area contributed by atoms with E-state index >= 15 is 0 Å². The molecule has 10 nitrogen and oxygen atoms in total. The highest BCUT2D eigenvalue weighted by Crippen LogP contribution is 1.91. The standard InChI is InChI=1S/C8H14N4O6/c9-5(13)3-4(6(14)15)12-8(17)11-1-2-18-7(10)16/h4H,1-3H2,(H2,9,13)(H2,10,16)(H,14,15)(H2,11,12,17)/t4-/m0/s1. The molecule has 102 valence electrons. The summed E-state index contributed by atoms with van der Waals surface area (Å²) in [6, 6.07) is -2.25. The number of carbonyl (C=O) groups excluding carboxylic acids is 3. The Morgan fingerprint density at radius 1 is 1.22 bits per heavy atom. The summed E-state index contributed by atoms with van der Waals surface area (Å²) >= 11 is 0. The van der Waals surface area contributed by atoms with Crippen LogP contribution in [-0.2, 0) is 14.3 Å². The lowest BCUT2D eigenvalue weighted by Gasteiger charge is -2.13. The third-order valence-electron chi connectivity index (χ3n) is 1.64. The molecule has 1 atom stereocenters. The van der Waals surface area contributed by atoms with Crippen LogP contribution in [0.3, 0.4) is 0 Å². The Labute approximate surface area is 102 Å². The van der Waals surface area contributed by atoms with Crippen molar-refractivity contribution in [2.75, 3.05) is 13.2 Å². The molecule has 0 aliphatic rings. The van der Waals surface area contributed by atoms with Gasteiger partial charge in [-0.05, 0) is 0 Å². The normalized spacial score (nSPS) is 11.1. The fraction of sp³-hybridized carbons (Fsp3) is 0.500. The average molecular weight is 262 g/mol. The maximum atomic E-state index is 11.2. The Hall–Kier alpha value is -2.52. The van der Waals surface area contributed by atoms with E-state index in [0.717, 1.165) is 0 Å². The number of aliphatic carboxylic acids is 1. The van der Waals surface area contributed by atoms with Gasteiger partial charge in [-0.25, -0.2) is 14.4 Å². The molecule has 0 spiro atoms. The molecular weight excluding hydrogens is 248 g/mol. The second-order valence-electron chi connectivity index (χ2n) is 3.13.